The molecule has 1 amide bonds. The maximum atomic E-state index is 12.7. The van der Waals surface area contributed by atoms with Crippen LogP contribution in [-0.4, -0.2) is 37.3 Å². The number of hydrogen-bond donors (Lipinski definition) is 1. The lowest BCUT2D eigenvalue weighted by molar-refractivity contribution is -0.150. The quantitative estimate of drug-likeness (QED) is 0.532. The number of ether oxygens (including phenoxy) is 2. The lowest BCUT2D eigenvalue weighted by Gasteiger charge is -2.31. The van der Waals surface area contributed by atoms with Gasteiger partial charge in [-0.15, -0.1) is 0 Å². The van der Waals surface area contributed by atoms with E-state index in [1.54, 1.807) is 24.3 Å². The van der Waals surface area contributed by atoms with Gasteiger partial charge in [0.05, 0.1) is 36.1 Å². The lowest BCUT2D eigenvalue weighted by atomic mass is 9.78. The first-order chi connectivity index (χ1) is 13.4. The van der Waals surface area contributed by atoms with Crippen LogP contribution in [0.15, 0.2) is 34.9 Å². The molecule has 0 saturated carbocycles. The minimum atomic E-state index is -1.27. The number of hydrogen-bond acceptors (Lipinski definition) is 7. The van der Waals surface area contributed by atoms with Gasteiger partial charge in [-0.3, -0.25) is 14.4 Å². The Bertz CT molecular complexity index is 849. The van der Waals surface area contributed by atoms with Crippen molar-refractivity contribution in [3.05, 3.63) is 45.5 Å². The molecule has 1 aromatic rings. The van der Waals surface area contributed by atoms with E-state index in [9.17, 15) is 19.6 Å². The molecule has 1 aliphatic heterocycles. The van der Waals surface area contributed by atoms with E-state index in [1.165, 1.54) is 7.11 Å². The standard InChI is InChI=1S/C19H19ClN2O5S/c1-3-8-27-14(23)10-28-18-12(9-21)15(11-6-4-5-7-13(11)20)16(17(24)22-18)19(25)26-2/h4-7,15-16H,3,8,10H2,1-2H3,(H,22,24). The SMILES string of the molecule is CCCOC(=O)CSC1=C(C#N)C(c2ccccc2Cl)C(C(=O)OC)C(=O)N1. The maximum Gasteiger partial charge on any atom is 0.319 e. The predicted molar refractivity (Wildman–Crippen MR) is 104 cm³/mol. The number of nitrogens with one attached hydrogen (secondary N) is 1. The Morgan fingerprint density at radius 3 is 2.68 bits per heavy atom. The fraction of sp³-hybridized carbons (Fsp3) is 0.368. The van der Waals surface area contributed by atoms with Gasteiger partial charge in [0.1, 0.15) is 5.92 Å². The van der Waals surface area contributed by atoms with E-state index in [0.717, 1.165) is 11.8 Å². The van der Waals surface area contributed by atoms with E-state index in [-0.39, 0.29) is 16.4 Å². The number of esters is 2. The number of carbonyl (C=O) groups excluding carboxylic acids is 3. The molecule has 0 fully saturated rings. The van der Waals surface area contributed by atoms with Crippen molar-refractivity contribution in [3.63, 3.8) is 0 Å². The highest BCUT2D eigenvalue weighted by atomic mass is 35.5. The van der Waals surface area contributed by atoms with Gasteiger partial charge >= 0.3 is 11.9 Å². The van der Waals surface area contributed by atoms with Gasteiger partial charge in [-0.1, -0.05) is 48.5 Å². The molecule has 0 radical (unpaired) electrons. The molecule has 1 aliphatic rings. The highest BCUT2D eigenvalue weighted by molar-refractivity contribution is 8.03. The van der Waals surface area contributed by atoms with Crippen LogP contribution in [-0.2, 0) is 23.9 Å². The molecule has 1 heterocycles. The number of methoxy groups -OCH3 is 1. The number of thioether (sulfide) groups is 1. The zero-order valence-electron chi connectivity index (χ0n) is 15.4. The number of amides is 1. The highest BCUT2D eigenvalue weighted by Gasteiger charge is 2.45. The van der Waals surface area contributed by atoms with E-state index in [4.69, 9.17) is 21.1 Å². The topological polar surface area (TPSA) is 105 Å². The monoisotopic (exact) mass is 422 g/mol. The maximum absolute atomic E-state index is 12.7. The van der Waals surface area contributed by atoms with Crippen LogP contribution in [0.1, 0.15) is 24.8 Å². The van der Waals surface area contributed by atoms with Gasteiger partial charge in [0.15, 0.2) is 0 Å². The average molecular weight is 423 g/mol. The second-order valence-electron chi connectivity index (χ2n) is 5.85. The molecular weight excluding hydrogens is 404 g/mol. The van der Waals surface area contributed by atoms with Crippen molar-refractivity contribution in [2.45, 2.75) is 19.3 Å². The summed E-state index contributed by atoms with van der Waals surface area (Å²) in [7, 11) is 1.17. The average Bonchev–Trinajstić information content (AvgIpc) is 2.69. The van der Waals surface area contributed by atoms with Crippen LogP contribution in [0.25, 0.3) is 0 Å². The molecule has 2 atom stereocenters. The molecule has 0 aliphatic carbocycles. The van der Waals surface area contributed by atoms with Crippen molar-refractivity contribution in [2.24, 2.45) is 5.92 Å². The fourth-order valence-electron chi connectivity index (χ4n) is 2.77. The summed E-state index contributed by atoms with van der Waals surface area (Å²) in [6, 6.07) is 8.72. The van der Waals surface area contributed by atoms with Crippen LogP contribution < -0.4 is 5.32 Å². The van der Waals surface area contributed by atoms with Crippen LogP contribution >= 0.6 is 23.4 Å². The molecule has 148 valence electrons. The van der Waals surface area contributed by atoms with Gasteiger partial charge < -0.3 is 14.8 Å². The number of nitrogens with zero attached hydrogens (tertiary/aromatic N) is 1. The number of carbonyl (C=O) groups is 3. The van der Waals surface area contributed by atoms with Crippen LogP contribution in [0.3, 0.4) is 0 Å². The fourth-order valence-corrected chi connectivity index (χ4v) is 3.87. The Morgan fingerprint density at radius 1 is 1.36 bits per heavy atom. The molecule has 28 heavy (non-hydrogen) atoms. The first kappa shape index (κ1) is 21.8. The largest absolute Gasteiger partial charge is 0.468 e. The van der Waals surface area contributed by atoms with Crippen LogP contribution in [0.5, 0.6) is 0 Å². The molecule has 9 heteroatoms. The Hall–Kier alpha value is -2.50. The van der Waals surface area contributed by atoms with Gasteiger partial charge in [-0.2, -0.15) is 5.26 Å². The van der Waals surface area contributed by atoms with E-state index >= 15 is 0 Å². The Labute approximate surface area is 172 Å². The third-order valence-corrected chi connectivity index (χ3v) is 5.36. The summed E-state index contributed by atoms with van der Waals surface area (Å²) in [6.07, 6.45) is 0.689. The summed E-state index contributed by atoms with van der Waals surface area (Å²) in [4.78, 5) is 36.7. The van der Waals surface area contributed by atoms with Crippen molar-refractivity contribution in [2.75, 3.05) is 19.5 Å². The van der Waals surface area contributed by atoms with Crippen LogP contribution in [0.4, 0.5) is 0 Å². The predicted octanol–water partition coefficient (Wildman–Crippen LogP) is 2.76. The Balaban J connectivity index is 2.45. The Morgan fingerprint density at radius 2 is 2.07 bits per heavy atom. The molecule has 0 saturated heterocycles. The number of rotatable bonds is 7. The van der Waals surface area contributed by atoms with Crippen molar-refractivity contribution in [3.8, 4) is 6.07 Å². The van der Waals surface area contributed by atoms with Crippen molar-refractivity contribution >= 4 is 41.2 Å². The van der Waals surface area contributed by atoms with E-state index in [1.807, 2.05) is 6.92 Å². The molecule has 0 spiro atoms. The molecule has 1 aromatic carbocycles. The third kappa shape index (κ3) is 4.86. The summed E-state index contributed by atoms with van der Waals surface area (Å²) in [5, 5.41) is 12.8. The first-order valence-electron chi connectivity index (χ1n) is 8.50. The molecule has 2 rings (SSSR count). The summed E-state index contributed by atoms with van der Waals surface area (Å²) in [6.45, 7) is 2.17. The molecule has 7 nitrogen and oxygen atoms in total. The molecule has 0 bridgehead atoms. The van der Waals surface area contributed by atoms with Crippen molar-refractivity contribution in [1.29, 1.82) is 5.26 Å². The van der Waals surface area contributed by atoms with Crippen LogP contribution in [0, 0.1) is 17.2 Å². The number of halogens is 1. The summed E-state index contributed by atoms with van der Waals surface area (Å²) < 4.78 is 9.78. The summed E-state index contributed by atoms with van der Waals surface area (Å²) in [5.41, 5.74) is 0.592. The van der Waals surface area contributed by atoms with Crippen molar-refractivity contribution in [1.82, 2.24) is 5.32 Å². The Kier molecular flexibility index (Phi) is 7.91. The van der Waals surface area contributed by atoms with Gasteiger partial charge in [0.25, 0.3) is 0 Å². The van der Waals surface area contributed by atoms with Gasteiger partial charge in [-0.05, 0) is 18.1 Å². The van der Waals surface area contributed by atoms with Gasteiger partial charge in [-0.25, -0.2) is 0 Å². The lowest BCUT2D eigenvalue weighted by Crippen LogP contribution is -2.44. The zero-order chi connectivity index (χ0) is 20.7. The number of benzene rings is 1. The highest BCUT2D eigenvalue weighted by Crippen LogP contribution is 2.42. The number of allylic oxidation sites excluding steroid dienone is 1. The normalized spacial score (nSPS) is 18.9. The molecule has 0 aromatic heterocycles. The van der Waals surface area contributed by atoms with Gasteiger partial charge in [0.2, 0.25) is 5.91 Å². The van der Waals surface area contributed by atoms with Gasteiger partial charge in [0, 0.05) is 10.9 Å². The smallest absolute Gasteiger partial charge is 0.319 e. The van der Waals surface area contributed by atoms with E-state index in [2.05, 4.69) is 11.4 Å². The number of nitriles is 1. The molecule has 1 N–H and O–H groups in total. The van der Waals surface area contributed by atoms with Crippen LogP contribution in [0.2, 0.25) is 5.02 Å². The molecular formula is C19H19ClN2O5S. The summed E-state index contributed by atoms with van der Waals surface area (Å²) in [5.74, 6) is -4.14. The minimum Gasteiger partial charge on any atom is -0.468 e. The van der Waals surface area contributed by atoms with E-state index < -0.39 is 29.7 Å². The second-order valence-corrected chi connectivity index (χ2v) is 7.25. The summed E-state index contributed by atoms with van der Waals surface area (Å²) >= 11 is 7.25. The molecule has 2 unspecified atom stereocenters. The first-order valence-corrected chi connectivity index (χ1v) is 9.86. The minimum absolute atomic E-state index is 0.0844. The third-order valence-electron chi connectivity index (χ3n) is 4.03. The second kappa shape index (κ2) is 10.2. The zero-order valence-corrected chi connectivity index (χ0v) is 16.9. The van der Waals surface area contributed by atoms with E-state index in [0.29, 0.717) is 23.6 Å². The van der Waals surface area contributed by atoms with Crippen molar-refractivity contribution < 1.29 is 23.9 Å².